The van der Waals surface area contributed by atoms with Crippen molar-refractivity contribution in [1.82, 2.24) is 0 Å². The fraction of sp³-hybridized carbons (Fsp3) is 0.143. The fourth-order valence-corrected chi connectivity index (χ4v) is 3.20. The van der Waals surface area contributed by atoms with Crippen molar-refractivity contribution in [2.24, 2.45) is 0 Å². The van der Waals surface area contributed by atoms with Gasteiger partial charge in [0.1, 0.15) is 16.4 Å². The van der Waals surface area contributed by atoms with Crippen molar-refractivity contribution in [3.05, 3.63) is 47.5 Å². The highest BCUT2D eigenvalue weighted by Crippen LogP contribution is 2.29. The van der Waals surface area contributed by atoms with E-state index in [0.717, 1.165) is 0 Å². The molecule has 21 heavy (non-hydrogen) atoms. The van der Waals surface area contributed by atoms with Crippen LogP contribution >= 0.6 is 11.6 Å². The number of hydrogen-bond donors (Lipinski definition) is 2. The molecule has 0 amide bonds. The molecule has 112 valence electrons. The zero-order valence-corrected chi connectivity index (χ0v) is 12.8. The summed E-state index contributed by atoms with van der Waals surface area (Å²) in [6.45, 7) is 2.09. The van der Waals surface area contributed by atoms with Crippen LogP contribution in [-0.2, 0) is 10.0 Å². The highest BCUT2D eigenvalue weighted by molar-refractivity contribution is 7.92. The largest absolute Gasteiger partial charge is 0.508 e. The van der Waals surface area contributed by atoms with E-state index < -0.39 is 10.0 Å². The first kappa shape index (κ1) is 15.5. The van der Waals surface area contributed by atoms with Gasteiger partial charge < -0.3 is 9.84 Å². The highest BCUT2D eigenvalue weighted by atomic mass is 35.5. The maximum Gasteiger partial charge on any atom is 0.265 e. The zero-order valence-electron chi connectivity index (χ0n) is 11.2. The lowest BCUT2D eigenvalue weighted by molar-refractivity contribution is 0.331. The summed E-state index contributed by atoms with van der Waals surface area (Å²) in [7, 11) is -3.88. The molecule has 2 N–H and O–H groups in total. The van der Waals surface area contributed by atoms with Gasteiger partial charge in [-0.2, -0.15) is 0 Å². The van der Waals surface area contributed by atoms with E-state index in [1.54, 1.807) is 13.0 Å². The second kappa shape index (κ2) is 6.24. The van der Waals surface area contributed by atoms with Gasteiger partial charge in [0.15, 0.2) is 0 Å². The lowest BCUT2D eigenvalue weighted by Gasteiger charge is -2.13. The summed E-state index contributed by atoms with van der Waals surface area (Å²) in [5.41, 5.74) is 0.248. The third-order valence-electron chi connectivity index (χ3n) is 2.59. The molecule has 0 fully saturated rings. The van der Waals surface area contributed by atoms with Gasteiger partial charge in [-0.05, 0) is 37.3 Å². The van der Waals surface area contributed by atoms with Crippen molar-refractivity contribution in [3.8, 4) is 11.5 Å². The number of hydrogen-bond acceptors (Lipinski definition) is 4. The number of ether oxygens (including phenoxy) is 1. The van der Waals surface area contributed by atoms with Crippen LogP contribution < -0.4 is 9.46 Å². The standard InChI is InChI=1S/C14H14ClNO4S/c1-2-20-13-7-6-10(15)8-14(13)21(18,19)16-11-4-3-5-12(17)9-11/h3-9,16-17H,2H2,1H3. The van der Waals surface area contributed by atoms with E-state index in [0.29, 0.717) is 6.61 Å². The number of phenolic OH excluding ortho intramolecular Hbond substituents is 1. The van der Waals surface area contributed by atoms with E-state index in [4.69, 9.17) is 16.3 Å². The van der Waals surface area contributed by atoms with Gasteiger partial charge in [0.05, 0.1) is 12.3 Å². The molecule has 0 saturated carbocycles. The number of aromatic hydroxyl groups is 1. The third kappa shape index (κ3) is 3.80. The summed E-state index contributed by atoms with van der Waals surface area (Å²) in [6.07, 6.45) is 0. The molecule has 0 aliphatic heterocycles. The maximum absolute atomic E-state index is 12.4. The number of rotatable bonds is 5. The number of sulfonamides is 1. The summed E-state index contributed by atoms with van der Waals surface area (Å²) in [5.74, 6) is 0.181. The summed E-state index contributed by atoms with van der Waals surface area (Å²) in [6, 6.07) is 10.2. The molecule has 2 aromatic carbocycles. The Morgan fingerprint density at radius 2 is 2.00 bits per heavy atom. The molecule has 0 aromatic heterocycles. The molecule has 0 heterocycles. The Bertz CT molecular complexity index is 746. The Balaban J connectivity index is 2.41. The van der Waals surface area contributed by atoms with Crippen LogP contribution in [0.5, 0.6) is 11.5 Å². The lowest BCUT2D eigenvalue weighted by Crippen LogP contribution is -2.14. The molecule has 0 unspecified atom stereocenters. The lowest BCUT2D eigenvalue weighted by atomic mass is 10.3. The number of phenols is 1. The predicted molar refractivity (Wildman–Crippen MR) is 81.5 cm³/mol. The number of anilines is 1. The van der Waals surface area contributed by atoms with Crippen LogP contribution in [0.2, 0.25) is 5.02 Å². The first-order valence-corrected chi connectivity index (χ1v) is 8.02. The minimum atomic E-state index is -3.88. The molecular weight excluding hydrogens is 314 g/mol. The van der Waals surface area contributed by atoms with E-state index >= 15 is 0 Å². The minimum Gasteiger partial charge on any atom is -0.508 e. The van der Waals surface area contributed by atoms with E-state index in [1.165, 1.54) is 36.4 Å². The van der Waals surface area contributed by atoms with E-state index in [9.17, 15) is 13.5 Å². The van der Waals surface area contributed by atoms with Gasteiger partial charge in [-0.1, -0.05) is 17.7 Å². The van der Waals surface area contributed by atoms with Crippen molar-refractivity contribution in [2.45, 2.75) is 11.8 Å². The van der Waals surface area contributed by atoms with Crippen LogP contribution in [0.1, 0.15) is 6.92 Å². The zero-order chi connectivity index (χ0) is 15.5. The SMILES string of the molecule is CCOc1ccc(Cl)cc1S(=O)(=O)Nc1cccc(O)c1. The molecular formula is C14H14ClNO4S. The normalized spacial score (nSPS) is 11.1. The minimum absolute atomic E-state index is 0.0358. The van der Waals surface area contributed by atoms with Gasteiger partial charge in [0.25, 0.3) is 10.0 Å². The van der Waals surface area contributed by atoms with Crippen molar-refractivity contribution < 1.29 is 18.3 Å². The molecule has 5 nitrogen and oxygen atoms in total. The van der Waals surface area contributed by atoms with E-state index in [1.807, 2.05) is 0 Å². The smallest absolute Gasteiger partial charge is 0.265 e. The summed E-state index contributed by atoms with van der Waals surface area (Å²) >= 11 is 5.86. The molecule has 0 bridgehead atoms. The van der Waals surface area contributed by atoms with Crippen LogP contribution in [0.15, 0.2) is 47.4 Å². The van der Waals surface area contributed by atoms with Crippen molar-refractivity contribution in [3.63, 3.8) is 0 Å². The maximum atomic E-state index is 12.4. The Hall–Kier alpha value is -1.92. The molecule has 7 heteroatoms. The molecule has 2 rings (SSSR count). The van der Waals surface area contributed by atoms with Crippen molar-refractivity contribution >= 4 is 27.3 Å². The van der Waals surface area contributed by atoms with Gasteiger partial charge in [0.2, 0.25) is 0 Å². The highest BCUT2D eigenvalue weighted by Gasteiger charge is 2.20. The topological polar surface area (TPSA) is 75.6 Å². The van der Waals surface area contributed by atoms with E-state index in [2.05, 4.69) is 4.72 Å². The molecule has 0 aliphatic carbocycles. The molecule has 0 aliphatic rings. The molecule has 0 saturated heterocycles. The first-order chi connectivity index (χ1) is 9.92. The van der Waals surface area contributed by atoms with Gasteiger partial charge in [-0.15, -0.1) is 0 Å². The van der Waals surface area contributed by atoms with Crippen molar-refractivity contribution in [2.75, 3.05) is 11.3 Å². The summed E-state index contributed by atoms with van der Waals surface area (Å²) < 4.78 is 32.5. The van der Waals surface area contributed by atoms with Crippen LogP contribution in [-0.4, -0.2) is 20.1 Å². The van der Waals surface area contributed by atoms with Crippen LogP contribution in [0.4, 0.5) is 5.69 Å². The van der Waals surface area contributed by atoms with E-state index in [-0.39, 0.29) is 27.1 Å². The Morgan fingerprint density at radius 3 is 2.67 bits per heavy atom. The Morgan fingerprint density at radius 1 is 1.24 bits per heavy atom. The average molecular weight is 328 g/mol. The average Bonchev–Trinajstić information content (AvgIpc) is 2.40. The number of halogens is 1. The van der Waals surface area contributed by atoms with Crippen LogP contribution in [0.3, 0.4) is 0 Å². The number of nitrogens with one attached hydrogen (secondary N) is 1. The summed E-state index contributed by atoms with van der Waals surface area (Å²) in [5, 5.41) is 9.67. The summed E-state index contributed by atoms with van der Waals surface area (Å²) in [4.78, 5) is -0.0554. The monoisotopic (exact) mass is 327 g/mol. The fourth-order valence-electron chi connectivity index (χ4n) is 1.75. The second-order valence-corrected chi connectivity index (χ2v) is 6.27. The molecule has 0 spiro atoms. The Labute approximate surface area is 128 Å². The van der Waals surface area contributed by atoms with Crippen molar-refractivity contribution in [1.29, 1.82) is 0 Å². The van der Waals surface area contributed by atoms with Crippen LogP contribution in [0, 0.1) is 0 Å². The molecule has 0 radical (unpaired) electrons. The first-order valence-electron chi connectivity index (χ1n) is 6.16. The molecule has 0 atom stereocenters. The predicted octanol–water partition coefficient (Wildman–Crippen LogP) is 3.25. The Kier molecular flexibility index (Phi) is 4.59. The molecule has 2 aromatic rings. The van der Waals surface area contributed by atoms with Gasteiger partial charge >= 0.3 is 0 Å². The van der Waals surface area contributed by atoms with Gasteiger partial charge in [-0.3, -0.25) is 4.72 Å². The van der Waals surface area contributed by atoms with Gasteiger partial charge in [-0.25, -0.2) is 8.42 Å². The van der Waals surface area contributed by atoms with Gasteiger partial charge in [0, 0.05) is 11.1 Å². The van der Waals surface area contributed by atoms with Crippen LogP contribution in [0.25, 0.3) is 0 Å². The quantitative estimate of drug-likeness (QED) is 0.884. The second-order valence-electron chi connectivity index (χ2n) is 4.18. The number of benzene rings is 2. The third-order valence-corrected chi connectivity index (χ3v) is 4.23.